The molecule has 8 heteroatoms. The zero-order valence-electron chi connectivity index (χ0n) is 12.9. The molecule has 6 nitrogen and oxygen atoms in total. The van der Waals surface area contributed by atoms with Crippen molar-refractivity contribution in [2.45, 2.75) is 25.0 Å². The highest BCUT2D eigenvalue weighted by Gasteiger charge is 2.25. The normalized spacial score (nSPS) is 12.9. The van der Waals surface area contributed by atoms with Gasteiger partial charge in [0.15, 0.2) is 0 Å². The van der Waals surface area contributed by atoms with Crippen LogP contribution in [0.3, 0.4) is 0 Å². The van der Waals surface area contributed by atoms with E-state index < -0.39 is 16.0 Å². The Hall–Kier alpha value is -0.960. The molecule has 0 spiro atoms. The predicted molar refractivity (Wildman–Crippen MR) is 83.5 cm³/mol. The number of sulfonamides is 1. The van der Waals surface area contributed by atoms with E-state index in [-0.39, 0.29) is 21.0 Å². The molecule has 1 rings (SSSR count). The van der Waals surface area contributed by atoms with Gasteiger partial charge in [-0.15, -0.1) is 11.3 Å². The summed E-state index contributed by atoms with van der Waals surface area (Å²) in [7, 11) is 0.179. The van der Waals surface area contributed by atoms with Crippen LogP contribution in [0.15, 0.2) is 10.3 Å². The van der Waals surface area contributed by atoms with E-state index >= 15 is 0 Å². The fourth-order valence-corrected chi connectivity index (χ4v) is 4.74. The fourth-order valence-electron chi connectivity index (χ4n) is 2.07. The van der Waals surface area contributed by atoms with Gasteiger partial charge in [0.2, 0.25) is 10.0 Å². The highest BCUT2D eigenvalue weighted by Crippen LogP contribution is 2.26. The second-order valence-electron chi connectivity index (χ2n) is 6.11. The number of carboxylic acids is 1. The summed E-state index contributed by atoms with van der Waals surface area (Å²) in [5.41, 5.74) is 0.235. The number of carbonyl (C=O) groups is 1. The van der Waals surface area contributed by atoms with Crippen molar-refractivity contribution in [2.75, 3.05) is 27.2 Å². The van der Waals surface area contributed by atoms with E-state index in [1.807, 2.05) is 32.8 Å². The van der Waals surface area contributed by atoms with Crippen LogP contribution in [-0.4, -0.2) is 51.6 Å². The van der Waals surface area contributed by atoms with E-state index in [2.05, 4.69) is 4.72 Å². The average Bonchev–Trinajstić information content (AvgIpc) is 2.68. The highest BCUT2D eigenvalue weighted by atomic mass is 32.2. The maximum atomic E-state index is 12.2. The standard InChI is InChI=1S/C13H22N2O4S2/c1-9-6-10(20-11(9)12(16)17)21(18,19)14-7-13(2,3)8-15(4)5/h6,14H,7-8H2,1-5H3,(H,16,17). The van der Waals surface area contributed by atoms with Crippen LogP contribution < -0.4 is 4.72 Å². The number of aromatic carboxylic acids is 1. The Bertz CT molecular complexity index is 618. The third kappa shape index (κ3) is 5.06. The molecule has 120 valence electrons. The zero-order valence-corrected chi connectivity index (χ0v) is 14.6. The van der Waals surface area contributed by atoms with Gasteiger partial charge in [-0.2, -0.15) is 0 Å². The Morgan fingerprint density at radius 2 is 2.00 bits per heavy atom. The molecule has 1 aromatic heterocycles. The van der Waals surface area contributed by atoms with Crippen molar-refractivity contribution in [1.82, 2.24) is 9.62 Å². The minimum absolute atomic E-state index is 0.0399. The molecule has 0 bridgehead atoms. The molecule has 0 aliphatic heterocycles. The molecule has 2 N–H and O–H groups in total. The van der Waals surface area contributed by atoms with Crippen LogP contribution in [-0.2, 0) is 10.0 Å². The van der Waals surface area contributed by atoms with Gasteiger partial charge in [-0.1, -0.05) is 13.8 Å². The summed E-state index contributed by atoms with van der Waals surface area (Å²) < 4.78 is 27.1. The first-order valence-electron chi connectivity index (χ1n) is 6.43. The number of nitrogens with zero attached hydrogens (tertiary/aromatic N) is 1. The van der Waals surface area contributed by atoms with Gasteiger partial charge in [-0.05, 0) is 38.1 Å². The highest BCUT2D eigenvalue weighted by molar-refractivity contribution is 7.91. The van der Waals surface area contributed by atoms with Crippen molar-refractivity contribution in [1.29, 1.82) is 0 Å². The lowest BCUT2D eigenvalue weighted by atomic mass is 9.93. The summed E-state index contributed by atoms with van der Waals surface area (Å²) in [5.74, 6) is -1.10. The van der Waals surface area contributed by atoms with Gasteiger partial charge < -0.3 is 10.0 Å². The largest absolute Gasteiger partial charge is 0.477 e. The molecular formula is C13H22N2O4S2. The van der Waals surface area contributed by atoms with E-state index in [1.165, 1.54) is 6.07 Å². The molecule has 21 heavy (non-hydrogen) atoms. The van der Waals surface area contributed by atoms with Gasteiger partial charge in [0, 0.05) is 13.1 Å². The minimum Gasteiger partial charge on any atom is -0.477 e. The molecule has 0 aliphatic rings. The number of hydrogen-bond donors (Lipinski definition) is 2. The van der Waals surface area contributed by atoms with Crippen LogP contribution in [0.4, 0.5) is 0 Å². The number of rotatable bonds is 7. The Balaban J connectivity index is 2.88. The number of thiophene rings is 1. The lowest BCUT2D eigenvalue weighted by Crippen LogP contribution is -2.39. The van der Waals surface area contributed by atoms with E-state index in [1.54, 1.807) is 6.92 Å². The van der Waals surface area contributed by atoms with Crippen molar-refractivity contribution >= 4 is 27.3 Å². The second kappa shape index (κ2) is 6.43. The lowest BCUT2D eigenvalue weighted by molar-refractivity contribution is 0.0701. The molecular weight excluding hydrogens is 312 g/mol. The monoisotopic (exact) mass is 334 g/mol. The maximum Gasteiger partial charge on any atom is 0.346 e. The molecule has 1 heterocycles. The fraction of sp³-hybridized carbons (Fsp3) is 0.615. The Morgan fingerprint density at radius 3 is 2.43 bits per heavy atom. The van der Waals surface area contributed by atoms with Gasteiger partial charge in [0.25, 0.3) is 0 Å². The third-order valence-corrected chi connectivity index (χ3v) is 5.94. The van der Waals surface area contributed by atoms with Crippen LogP contribution in [0, 0.1) is 12.3 Å². The van der Waals surface area contributed by atoms with Crippen LogP contribution in [0.1, 0.15) is 29.1 Å². The lowest BCUT2D eigenvalue weighted by Gasteiger charge is -2.28. The number of carboxylic acid groups (broad SMARTS) is 1. The SMILES string of the molecule is Cc1cc(S(=O)(=O)NCC(C)(C)CN(C)C)sc1C(=O)O. The van der Waals surface area contributed by atoms with Crippen molar-refractivity contribution in [2.24, 2.45) is 5.41 Å². The Kier molecular flexibility index (Phi) is 5.54. The molecule has 0 fully saturated rings. The van der Waals surface area contributed by atoms with E-state index in [0.29, 0.717) is 5.56 Å². The van der Waals surface area contributed by atoms with E-state index in [0.717, 1.165) is 17.9 Å². The Labute approximate surface area is 129 Å². The maximum absolute atomic E-state index is 12.2. The first kappa shape index (κ1) is 18.1. The molecule has 0 atom stereocenters. The molecule has 1 aromatic rings. The van der Waals surface area contributed by atoms with Crippen molar-refractivity contribution < 1.29 is 18.3 Å². The van der Waals surface area contributed by atoms with Gasteiger partial charge in [-0.3, -0.25) is 0 Å². The van der Waals surface area contributed by atoms with Gasteiger partial charge >= 0.3 is 5.97 Å². The van der Waals surface area contributed by atoms with Crippen LogP contribution >= 0.6 is 11.3 Å². The van der Waals surface area contributed by atoms with Crippen molar-refractivity contribution in [3.05, 3.63) is 16.5 Å². The first-order valence-corrected chi connectivity index (χ1v) is 8.73. The number of hydrogen-bond acceptors (Lipinski definition) is 5. The predicted octanol–water partition coefficient (Wildman–Crippen LogP) is 1.62. The van der Waals surface area contributed by atoms with Crippen LogP contribution in [0.5, 0.6) is 0 Å². The van der Waals surface area contributed by atoms with Crippen molar-refractivity contribution in [3.8, 4) is 0 Å². The van der Waals surface area contributed by atoms with Crippen molar-refractivity contribution in [3.63, 3.8) is 0 Å². The van der Waals surface area contributed by atoms with E-state index in [4.69, 9.17) is 5.11 Å². The van der Waals surface area contributed by atoms with Gasteiger partial charge in [0.1, 0.15) is 9.09 Å². The second-order valence-corrected chi connectivity index (χ2v) is 9.16. The van der Waals surface area contributed by atoms with Gasteiger partial charge in [-0.25, -0.2) is 17.9 Å². The molecule has 0 amide bonds. The van der Waals surface area contributed by atoms with E-state index in [9.17, 15) is 13.2 Å². The summed E-state index contributed by atoms with van der Waals surface area (Å²) in [6, 6.07) is 1.40. The summed E-state index contributed by atoms with van der Waals surface area (Å²) in [6.07, 6.45) is 0. The van der Waals surface area contributed by atoms with Crippen LogP contribution in [0.2, 0.25) is 0 Å². The molecule has 0 saturated heterocycles. The van der Waals surface area contributed by atoms with Crippen LogP contribution in [0.25, 0.3) is 0 Å². The first-order chi connectivity index (χ1) is 9.44. The average molecular weight is 334 g/mol. The minimum atomic E-state index is -3.68. The molecule has 0 saturated carbocycles. The third-order valence-electron chi connectivity index (χ3n) is 2.84. The van der Waals surface area contributed by atoms with Gasteiger partial charge in [0.05, 0.1) is 0 Å². The molecule has 0 unspecified atom stereocenters. The summed E-state index contributed by atoms with van der Waals surface area (Å²) >= 11 is 0.779. The molecule has 0 aromatic carbocycles. The quantitative estimate of drug-likeness (QED) is 0.791. The number of nitrogens with one attached hydrogen (secondary N) is 1. The Morgan fingerprint density at radius 1 is 1.43 bits per heavy atom. The summed E-state index contributed by atoms with van der Waals surface area (Å²) in [5, 5.41) is 8.99. The summed E-state index contributed by atoms with van der Waals surface area (Å²) in [4.78, 5) is 13.0. The number of aryl methyl sites for hydroxylation is 1. The molecule has 0 aliphatic carbocycles. The summed E-state index contributed by atoms with van der Waals surface area (Å²) in [6.45, 7) is 6.55. The smallest absolute Gasteiger partial charge is 0.346 e. The molecule has 0 radical (unpaired) electrons. The zero-order chi connectivity index (χ0) is 16.4. The topological polar surface area (TPSA) is 86.7 Å².